The van der Waals surface area contributed by atoms with Gasteiger partial charge in [0, 0.05) is 19.4 Å². The molecule has 1 saturated carbocycles. The van der Waals surface area contributed by atoms with Crippen LogP contribution in [0.15, 0.2) is 0 Å². The Morgan fingerprint density at radius 2 is 2.36 bits per heavy atom. The van der Waals surface area contributed by atoms with Crippen molar-refractivity contribution in [2.24, 2.45) is 0 Å². The Balaban J connectivity index is 2.33. The van der Waals surface area contributed by atoms with E-state index in [9.17, 15) is 4.79 Å². The average Bonchev–Trinajstić information content (AvgIpc) is 2.15. The standard InChI is InChI=1S/C9H16O2/c1-2-11-9-6-4-3-5-8(10)7-9/h9H,2-7H2,1H3. The second kappa shape index (κ2) is 4.50. The molecule has 1 atom stereocenters. The fourth-order valence-electron chi connectivity index (χ4n) is 1.53. The molecule has 0 aliphatic heterocycles. The van der Waals surface area contributed by atoms with Crippen LogP contribution >= 0.6 is 0 Å². The topological polar surface area (TPSA) is 26.3 Å². The molecule has 0 bridgehead atoms. The summed E-state index contributed by atoms with van der Waals surface area (Å²) in [5.74, 6) is 0.376. The Labute approximate surface area is 67.9 Å². The molecule has 0 N–H and O–H groups in total. The molecule has 2 heteroatoms. The van der Waals surface area contributed by atoms with Gasteiger partial charge < -0.3 is 4.74 Å². The van der Waals surface area contributed by atoms with E-state index in [-0.39, 0.29) is 6.10 Å². The molecule has 0 spiro atoms. The molecule has 64 valence electrons. The van der Waals surface area contributed by atoms with Gasteiger partial charge in [-0.05, 0) is 19.8 Å². The van der Waals surface area contributed by atoms with Gasteiger partial charge in [-0.2, -0.15) is 0 Å². The van der Waals surface area contributed by atoms with Crippen molar-refractivity contribution < 1.29 is 9.53 Å². The first-order valence-electron chi connectivity index (χ1n) is 4.46. The van der Waals surface area contributed by atoms with Crippen LogP contribution in [0.2, 0.25) is 0 Å². The zero-order chi connectivity index (χ0) is 8.10. The SMILES string of the molecule is CCOC1CCCCC(=O)C1. The highest BCUT2D eigenvalue weighted by Crippen LogP contribution is 2.17. The normalized spacial score (nSPS) is 26.6. The molecule has 1 rings (SSSR count). The molecule has 0 radical (unpaired) electrons. The first kappa shape index (κ1) is 8.72. The predicted octanol–water partition coefficient (Wildman–Crippen LogP) is 1.92. The summed E-state index contributed by atoms with van der Waals surface area (Å²) in [5.41, 5.74) is 0. The first-order valence-corrected chi connectivity index (χ1v) is 4.46. The van der Waals surface area contributed by atoms with E-state index in [1.165, 1.54) is 0 Å². The minimum Gasteiger partial charge on any atom is -0.378 e. The molecular formula is C9H16O2. The molecule has 1 aliphatic rings. The smallest absolute Gasteiger partial charge is 0.135 e. The van der Waals surface area contributed by atoms with Gasteiger partial charge in [-0.25, -0.2) is 0 Å². The highest BCUT2D eigenvalue weighted by Gasteiger charge is 2.16. The Hall–Kier alpha value is -0.370. The van der Waals surface area contributed by atoms with Crippen molar-refractivity contribution >= 4 is 5.78 Å². The van der Waals surface area contributed by atoms with Crippen LogP contribution in [0.1, 0.15) is 39.0 Å². The monoisotopic (exact) mass is 156 g/mol. The molecule has 1 fully saturated rings. The summed E-state index contributed by atoms with van der Waals surface area (Å²) >= 11 is 0. The third-order valence-corrected chi connectivity index (χ3v) is 2.09. The summed E-state index contributed by atoms with van der Waals surface area (Å²) in [6.45, 7) is 2.72. The third-order valence-electron chi connectivity index (χ3n) is 2.09. The maximum atomic E-state index is 11.1. The van der Waals surface area contributed by atoms with E-state index in [1.54, 1.807) is 0 Å². The largest absolute Gasteiger partial charge is 0.378 e. The molecule has 0 aromatic carbocycles. The van der Waals surface area contributed by atoms with E-state index >= 15 is 0 Å². The van der Waals surface area contributed by atoms with E-state index in [1.807, 2.05) is 6.92 Å². The van der Waals surface area contributed by atoms with Crippen LogP contribution in [-0.2, 0) is 9.53 Å². The zero-order valence-corrected chi connectivity index (χ0v) is 7.14. The molecular weight excluding hydrogens is 140 g/mol. The van der Waals surface area contributed by atoms with Gasteiger partial charge in [0.25, 0.3) is 0 Å². The average molecular weight is 156 g/mol. The van der Waals surface area contributed by atoms with Gasteiger partial charge in [0.15, 0.2) is 0 Å². The molecule has 1 aliphatic carbocycles. The fraction of sp³-hybridized carbons (Fsp3) is 0.889. The maximum Gasteiger partial charge on any atom is 0.135 e. The quantitative estimate of drug-likeness (QED) is 0.571. The summed E-state index contributed by atoms with van der Waals surface area (Å²) < 4.78 is 5.41. The van der Waals surface area contributed by atoms with Gasteiger partial charge in [0.1, 0.15) is 5.78 Å². The van der Waals surface area contributed by atoms with Crippen molar-refractivity contribution in [2.45, 2.75) is 45.1 Å². The Morgan fingerprint density at radius 1 is 1.55 bits per heavy atom. The summed E-state index contributed by atoms with van der Waals surface area (Å²) in [6.07, 6.45) is 4.91. The minimum atomic E-state index is 0.218. The maximum absolute atomic E-state index is 11.1. The molecule has 11 heavy (non-hydrogen) atoms. The second-order valence-corrected chi connectivity index (χ2v) is 3.07. The number of carbonyl (C=O) groups excluding carboxylic acids is 1. The fourth-order valence-corrected chi connectivity index (χ4v) is 1.53. The van der Waals surface area contributed by atoms with Crippen molar-refractivity contribution in [1.82, 2.24) is 0 Å². The Kier molecular flexibility index (Phi) is 3.57. The van der Waals surface area contributed by atoms with Gasteiger partial charge >= 0.3 is 0 Å². The van der Waals surface area contributed by atoms with Crippen molar-refractivity contribution in [3.63, 3.8) is 0 Å². The second-order valence-electron chi connectivity index (χ2n) is 3.07. The molecule has 0 aromatic rings. The number of ketones is 1. The number of hydrogen-bond acceptors (Lipinski definition) is 2. The van der Waals surface area contributed by atoms with Gasteiger partial charge in [-0.3, -0.25) is 4.79 Å². The number of Topliss-reactive ketones (excluding diaryl/α,β-unsaturated/α-hetero) is 1. The van der Waals surface area contributed by atoms with Crippen molar-refractivity contribution in [3.8, 4) is 0 Å². The van der Waals surface area contributed by atoms with Gasteiger partial charge in [0.05, 0.1) is 6.10 Å². The number of ether oxygens (including phenoxy) is 1. The Bertz CT molecular complexity index is 132. The lowest BCUT2D eigenvalue weighted by atomic mass is 10.1. The van der Waals surface area contributed by atoms with Crippen molar-refractivity contribution in [3.05, 3.63) is 0 Å². The lowest BCUT2D eigenvalue weighted by Crippen LogP contribution is -2.14. The van der Waals surface area contributed by atoms with Gasteiger partial charge in [0.2, 0.25) is 0 Å². The van der Waals surface area contributed by atoms with Gasteiger partial charge in [-0.15, -0.1) is 0 Å². The summed E-state index contributed by atoms with van der Waals surface area (Å²) in [6, 6.07) is 0. The van der Waals surface area contributed by atoms with Crippen LogP contribution in [0, 0.1) is 0 Å². The van der Waals surface area contributed by atoms with E-state index in [4.69, 9.17) is 4.74 Å². The highest BCUT2D eigenvalue weighted by atomic mass is 16.5. The van der Waals surface area contributed by atoms with E-state index < -0.39 is 0 Å². The first-order chi connectivity index (χ1) is 5.33. The predicted molar refractivity (Wildman–Crippen MR) is 43.5 cm³/mol. The third kappa shape index (κ3) is 3.02. The summed E-state index contributed by atoms with van der Waals surface area (Å²) in [4.78, 5) is 11.1. The zero-order valence-electron chi connectivity index (χ0n) is 7.14. The van der Waals surface area contributed by atoms with E-state index in [0.717, 1.165) is 32.3 Å². The van der Waals surface area contributed by atoms with E-state index in [0.29, 0.717) is 12.2 Å². The number of rotatable bonds is 2. The molecule has 2 nitrogen and oxygen atoms in total. The van der Waals surface area contributed by atoms with Crippen LogP contribution in [0.3, 0.4) is 0 Å². The van der Waals surface area contributed by atoms with Crippen LogP contribution in [0.25, 0.3) is 0 Å². The van der Waals surface area contributed by atoms with Crippen LogP contribution in [0.4, 0.5) is 0 Å². The van der Waals surface area contributed by atoms with E-state index in [2.05, 4.69) is 0 Å². The lowest BCUT2D eigenvalue weighted by molar-refractivity contribution is -0.121. The summed E-state index contributed by atoms with van der Waals surface area (Å²) in [7, 11) is 0. The lowest BCUT2D eigenvalue weighted by Gasteiger charge is -2.12. The number of hydrogen-bond donors (Lipinski definition) is 0. The summed E-state index contributed by atoms with van der Waals surface area (Å²) in [5, 5.41) is 0. The van der Waals surface area contributed by atoms with Gasteiger partial charge in [-0.1, -0.05) is 6.42 Å². The molecule has 1 unspecified atom stereocenters. The van der Waals surface area contributed by atoms with Crippen LogP contribution < -0.4 is 0 Å². The molecule has 0 aromatic heterocycles. The minimum absolute atomic E-state index is 0.218. The van der Waals surface area contributed by atoms with Crippen LogP contribution in [-0.4, -0.2) is 18.5 Å². The highest BCUT2D eigenvalue weighted by molar-refractivity contribution is 5.79. The molecule has 0 saturated heterocycles. The van der Waals surface area contributed by atoms with Crippen molar-refractivity contribution in [1.29, 1.82) is 0 Å². The van der Waals surface area contributed by atoms with Crippen molar-refractivity contribution in [2.75, 3.05) is 6.61 Å². The Morgan fingerprint density at radius 3 is 3.09 bits per heavy atom. The van der Waals surface area contributed by atoms with Crippen LogP contribution in [0.5, 0.6) is 0 Å². The molecule has 0 amide bonds. The number of carbonyl (C=O) groups is 1. The molecule has 0 heterocycles.